The van der Waals surface area contributed by atoms with Crippen LogP contribution in [0, 0.1) is 17.1 Å². The van der Waals surface area contributed by atoms with Crippen LogP contribution in [0.4, 0.5) is 23.2 Å². The van der Waals surface area contributed by atoms with E-state index < -0.39 is 29.0 Å². The lowest BCUT2D eigenvalue weighted by Gasteiger charge is -2.32. The van der Waals surface area contributed by atoms with Gasteiger partial charge in [0.05, 0.1) is 23.4 Å². The number of amidine groups is 1. The minimum Gasteiger partial charge on any atom is -0.382 e. The number of aromatic nitrogens is 2. The highest BCUT2D eigenvalue weighted by molar-refractivity contribution is 6.03. The predicted octanol–water partition coefficient (Wildman–Crippen LogP) is 3.80. The number of carbonyl (C=O) groups excluding carboxylic acids is 1. The molecule has 33 heavy (non-hydrogen) atoms. The first-order chi connectivity index (χ1) is 15.5. The van der Waals surface area contributed by atoms with Crippen molar-refractivity contribution < 1.29 is 22.4 Å². The normalized spacial score (nSPS) is 17.6. The lowest BCUT2D eigenvalue weighted by Crippen LogP contribution is -2.37. The molecule has 168 valence electrons. The van der Waals surface area contributed by atoms with Crippen molar-refractivity contribution >= 4 is 17.4 Å². The molecule has 3 heterocycles. The van der Waals surface area contributed by atoms with Gasteiger partial charge in [0.2, 0.25) is 0 Å². The van der Waals surface area contributed by atoms with Crippen molar-refractivity contribution in [3.05, 3.63) is 82.7 Å². The Labute approximate surface area is 185 Å². The highest BCUT2D eigenvalue weighted by Gasteiger charge is 2.38. The van der Waals surface area contributed by atoms with Crippen LogP contribution in [0.3, 0.4) is 0 Å². The molecule has 0 fully saturated rings. The van der Waals surface area contributed by atoms with E-state index in [0.29, 0.717) is 0 Å². The van der Waals surface area contributed by atoms with Gasteiger partial charge in [-0.3, -0.25) is 9.79 Å². The Hall–Kier alpha value is -4.20. The van der Waals surface area contributed by atoms with E-state index >= 15 is 0 Å². The predicted molar refractivity (Wildman–Crippen MR) is 111 cm³/mol. The summed E-state index contributed by atoms with van der Waals surface area (Å²) in [6, 6.07) is 9.41. The molecule has 0 bridgehead atoms. The fraction of sp³-hybridized carbons (Fsp3) is 0.182. The summed E-state index contributed by atoms with van der Waals surface area (Å²) in [7, 11) is 0. The molecule has 0 aliphatic carbocycles. The van der Waals surface area contributed by atoms with Crippen LogP contribution in [-0.4, -0.2) is 21.3 Å². The van der Waals surface area contributed by atoms with Crippen LogP contribution in [0.25, 0.3) is 0 Å². The Morgan fingerprint density at radius 1 is 1.27 bits per heavy atom. The van der Waals surface area contributed by atoms with E-state index in [2.05, 4.69) is 15.3 Å². The quantitative estimate of drug-likeness (QED) is 0.585. The number of rotatable bonds is 3. The molecule has 0 saturated heterocycles. The van der Waals surface area contributed by atoms with Gasteiger partial charge in [0, 0.05) is 23.6 Å². The molecule has 0 spiro atoms. The average molecular weight is 456 g/mol. The van der Waals surface area contributed by atoms with E-state index in [0.717, 1.165) is 18.3 Å². The summed E-state index contributed by atoms with van der Waals surface area (Å²) in [5.74, 6) is -1.40. The third-order valence-corrected chi connectivity index (χ3v) is 5.26. The number of amides is 1. The molecule has 4 rings (SSSR count). The molecule has 0 saturated carbocycles. The van der Waals surface area contributed by atoms with Crippen molar-refractivity contribution in [2.24, 2.45) is 10.7 Å². The summed E-state index contributed by atoms with van der Waals surface area (Å²) in [6.45, 7) is 1.45. The smallest absolute Gasteiger partial charge is 0.382 e. The molecule has 0 radical (unpaired) electrons. The van der Waals surface area contributed by atoms with E-state index in [1.54, 1.807) is 6.92 Å². The Balaban J connectivity index is 1.64. The van der Waals surface area contributed by atoms with Crippen molar-refractivity contribution in [1.29, 1.82) is 5.26 Å². The maximum Gasteiger partial charge on any atom is 0.417 e. The summed E-state index contributed by atoms with van der Waals surface area (Å²) in [6.07, 6.45) is -2.40. The zero-order chi connectivity index (χ0) is 24.0. The third-order valence-electron chi connectivity index (χ3n) is 5.26. The Bertz CT molecular complexity index is 1320. The Morgan fingerprint density at radius 3 is 2.67 bits per heavy atom. The second-order valence-corrected chi connectivity index (χ2v) is 7.70. The van der Waals surface area contributed by atoms with Crippen LogP contribution in [0.5, 0.6) is 0 Å². The van der Waals surface area contributed by atoms with E-state index in [9.17, 15) is 22.4 Å². The minimum atomic E-state index is -4.56. The Kier molecular flexibility index (Phi) is 5.16. The van der Waals surface area contributed by atoms with Gasteiger partial charge in [-0.25, -0.2) is 9.37 Å². The molecule has 3 aromatic rings. The molecular weight excluding hydrogens is 440 g/mol. The number of nitrogens with zero attached hydrogens (tertiary/aromatic N) is 4. The number of carbonyl (C=O) groups is 1. The molecule has 11 heteroatoms. The second-order valence-electron chi connectivity index (χ2n) is 7.70. The van der Waals surface area contributed by atoms with Crippen molar-refractivity contribution in [2.45, 2.75) is 25.2 Å². The number of nitrogens with two attached hydrogens (primary N) is 1. The number of anilines is 1. The van der Waals surface area contributed by atoms with Gasteiger partial charge >= 0.3 is 6.18 Å². The number of pyridine rings is 1. The van der Waals surface area contributed by atoms with E-state index in [4.69, 9.17) is 11.0 Å². The van der Waals surface area contributed by atoms with Gasteiger partial charge in [0.25, 0.3) is 5.91 Å². The van der Waals surface area contributed by atoms with Crippen molar-refractivity contribution in [3.8, 4) is 6.07 Å². The number of nitrogens with one attached hydrogen (secondary N) is 1. The number of aliphatic imine (C=N–C) groups is 1. The van der Waals surface area contributed by atoms with Crippen LogP contribution in [0.2, 0.25) is 0 Å². The Morgan fingerprint density at radius 2 is 2.03 bits per heavy atom. The fourth-order valence-electron chi connectivity index (χ4n) is 3.65. The standard InChI is InChI=1S/C22H16F4N6O/c1-21(11-32-10-13(22(24,25)26)6-18(32)19(28)31-21)15-7-14(3-4-16(15)23)30-20(33)17-5-2-12(8-27)9-29-17/h2-7,9-10H,11H2,1H3,(H2,28,31)(H,30,33). The van der Waals surface area contributed by atoms with Gasteiger partial charge in [-0.1, -0.05) is 0 Å². The van der Waals surface area contributed by atoms with Gasteiger partial charge in [0.1, 0.15) is 29.0 Å². The van der Waals surface area contributed by atoms with Gasteiger partial charge in [0.15, 0.2) is 0 Å². The first-order valence-electron chi connectivity index (χ1n) is 9.61. The van der Waals surface area contributed by atoms with E-state index in [1.807, 2.05) is 6.07 Å². The molecule has 1 amide bonds. The molecule has 7 nitrogen and oxygen atoms in total. The zero-order valence-corrected chi connectivity index (χ0v) is 17.1. The highest BCUT2D eigenvalue weighted by atomic mass is 19.4. The molecule has 1 unspecified atom stereocenters. The van der Waals surface area contributed by atoms with Gasteiger partial charge in [-0.15, -0.1) is 0 Å². The van der Waals surface area contributed by atoms with Crippen molar-refractivity contribution in [2.75, 3.05) is 5.32 Å². The topological polar surface area (TPSA) is 109 Å². The lowest BCUT2D eigenvalue weighted by molar-refractivity contribution is -0.137. The van der Waals surface area contributed by atoms with Crippen molar-refractivity contribution in [3.63, 3.8) is 0 Å². The fourth-order valence-corrected chi connectivity index (χ4v) is 3.65. The summed E-state index contributed by atoms with van der Waals surface area (Å²) < 4.78 is 55.4. The molecule has 1 atom stereocenters. The summed E-state index contributed by atoms with van der Waals surface area (Å²) in [4.78, 5) is 20.7. The molecule has 1 aliphatic heterocycles. The number of hydrogen-bond acceptors (Lipinski definition) is 5. The van der Waals surface area contributed by atoms with Gasteiger partial charge < -0.3 is 15.6 Å². The van der Waals surface area contributed by atoms with Crippen LogP contribution in [0.1, 0.15) is 39.8 Å². The highest BCUT2D eigenvalue weighted by Crippen LogP contribution is 2.38. The van der Waals surface area contributed by atoms with Crippen LogP contribution >= 0.6 is 0 Å². The largest absolute Gasteiger partial charge is 0.417 e. The number of benzene rings is 1. The number of alkyl halides is 3. The summed E-state index contributed by atoms with van der Waals surface area (Å²) in [5, 5.41) is 11.4. The summed E-state index contributed by atoms with van der Waals surface area (Å²) in [5.41, 5.74) is 4.42. The van der Waals surface area contributed by atoms with Crippen LogP contribution in [-0.2, 0) is 18.3 Å². The van der Waals surface area contributed by atoms with Crippen LogP contribution < -0.4 is 11.1 Å². The monoisotopic (exact) mass is 456 g/mol. The maximum atomic E-state index is 14.8. The molecule has 3 N–H and O–H groups in total. The first kappa shape index (κ1) is 22.0. The second kappa shape index (κ2) is 7.74. The lowest BCUT2D eigenvalue weighted by atomic mass is 9.90. The van der Waals surface area contributed by atoms with E-state index in [1.165, 1.54) is 35.0 Å². The number of nitriles is 1. The van der Waals surface area contributed by atoms with E-state index in [-0.39, 0.29) is 40.6 Å². The number of halogens is 4. The molecule has 2 aromatic heterocycles. The van der Waals surface area contributed by atoms with Crippen molar-refractivity contribution in [1.82, 2.24) is 9.55 Å². The zero-order valence-electron chi connectivity index (χ0n) is 17.1. The number of fused-ring (bicyclic) bond motifs is 1. The molecule has 1 aromatic carbocycles. The third kappa shape index (κ3) is 4.15. The first-order valence-corrected chi connectivity index (χ1v) is 9.61. The number of hydrogen-bond donors (Lipinski definition) is 2. The molecular formula is C22H16F4N6O. The SMILES string of the molecule is CC1(c2cc(NC(=O)c3ccc(C#N)cn3)ccc2F)Cn2cc(C(F)(F)F)cc2C(N)=N1. The maximum absolute atomic E-state index is 14.8. The minimum absolute atomic E-state index is 0.0441. The average Bonchev–Trinajstić information content (AvgIpc) is 3.20. The van der Waals surface area contributed by atoms with Crippen LogP contribution in [0.15, 0.2) is 53.8 Å². The van der Waals surface area contributed by atoms with Gasteiger partial charge in [-0.05, 0) is 43.3 Å². The molecule has 1 aliphatic rings. The summed E-state index contributed by atoms with van der Waals surface area (Å²) >= 11 is 0. The van der Waals surface area contributed by atoms with Gasteiger partial charge in [-0.2, -0.15) is 18.4 Å².